The average molecular weight is 331 g/mol. The lowest BCUT2D eigenvalue weighted by Gasteiger charge is -2.16. The number of aromatic nitrogens is 1. The van der Waals surface area contributed by atoms with Gasteiger partial charge in [0.05, 0.1) is 15.4 Å². The maximum absolute atomic E-state index is 13.2. The maximum Gasteiger partial charge on any atom is 0.204 e. The van der Waals surface area contributed by atoms with Gasteiger partial charge in [0.2, 0.25) is 5.13 Å². The topological polar surface area (TPSA) is 68.2 Å². The molecule has 106 valence electrons. The molecule has 0 aliphatic carbocycles. The zero-order valence-corrected chi connectivity index (χ0v) is 12.9. The van der Waals surface area contributed by atoms with Gasteiger partial charge in [-0.05, 0) is 30.7 Å². The maximum atomic E-state index is 13.2. The van der Waals surface area contributed by atoms with Crippen LogP contribution in [0.4, 0.5) is 9.02 Å². The predicted octanol–water partition coefficient (Wildman–Crippen LogP) is 3.86. The Hall–Kier alpha value is -1.44. The molecule has 0 saturated carbocycles. The number of hydrogen-bond donors (Lipinski definition) is 2. The first-order valence-electron chi connectivity index (χ1n) is 5.56. The summed E-state index contributed by atoms with van der Waals surface area (Å²) in [4.78, 5) is 4.35. The summed E-state index contributed by atoms with van der Waals surface area (Å²) in [6.45, 7) is 1.70. The van der Waals surface area contributed by atoms with E-state index in [0.717, 1.165) is 10.2 Å². The molecule has 4 N–H and O–H groups in total. The molecule has 8 heteroatoms. The highest BCUT2D eigenvalue weighted by Crippen LogP contribution is 2.34. The van der Waals surface area contributed by atoms with Crippen molar-refractivity contribution in [2.45, 2.75) is 6.92 Å². The minimum absolute atomic E-state index is 0.0130. The van der Waals surface area contributed by atoms with Crippen molar-refractivity contribution in [3.05, 3.63) is 46.9 Å². The van der Waals surface area contributed by atoms with Crippen LogP contribution >= 0.6 is 35.3 Å². The van der Waals surface area contributed by atoms with Gasteiger partial charge in [0.1, 0.15) is 5.82 Å². The summed E-state index contributed by atoms with van der Waals surface area (Å²) in [5.41, 5.74) is 12.7. The first-order valence-corrected chi connectivity index (χ1v) is 7.43. The number of rotatable bonds is 4. The summed E-state index contributed by atoms with van der Waals surface area (Å²) < 4.78 is 15.4. The lowest BCUT2D eigenvalue weighted by Crippen LogP contribution is -2.20. The van der Waals surface area contributed by atoms with E-state index >= 15 is 0 Å². The minimum atomic E-state index is -0.0130. The van der Waals surface area contributed by atoms with Gasteiger partial charge in [-0.1, -0.05) is 35.1 Å². The number of halogens is 2. The zero-order chi connectivity index (χ0) is 14.7. The van der Waals surface area contributed by atoms with E-state index in [1.54, 1.807) is 6.92 Å². The van der Waals surface area contributed by atoms with Crippen molar-refractivity contribution in [1.29, 1.82) is 0 Å². The van der Waals surface area contributed by atoms with Crippen LogP contribution in [0.5, 0.6) is 0 Å². The third-order valence-corrected chi connectivity index (χ3v) is 4.26. The fourth-order valence-electron chi connectivity index (χ4n) is 1.56. The second kappa shape index (κ2) is 6.34. The number of nitrogens with two attached hydrogens (primary N) is 2. The molecule has 0 atom stereocenters. The first-order chi connectivity index (χ1) is 9.52. The molecular formula is C12H12ClFN4S2. The first kappa shape index (κ1) is 15.0. The number of allylic oxidation sites excluding steroid dienone is 2. The van der Waals surface area contributed by atoms with Gasteiger partial charge in [-0.2, -0.15) is 0 Å². The van der Waals surface area contributed by atoms with Gasteiger partial charge in [-0.3, -0.25) is 0 Å². The molecule has 1 aromatic carbocycles. The van der Waals surface area contributed by atoms with Crippen LogP contribution in [0.1, 0.15) is 6.92 Å². The number of nitrogens with zero attached hydrogens (tertiary/aromatic N) is 2. The molecule has 1 aromatic heterocycles. The van der Waals surface area contributed by atoms with Gasteiger partial charge in [0, 0.05) is 0 Å². The molecule has 0 aliphatic rings. The van der Waals surface area contributed by atoms with Crippen LogP contribution in [0.3, 0.4) is 0 Å². The molecule has 2 aromatic rings. The number of anilines is 1. The summed E-state index contributed by atoms with van der Waals surface area (Å²) in [6, 6.07) is 7.56. The molecule has 0 fully saturated rings. The zero-order valence-electron chi connectivity index (χ0n) is 10.5. The Kier molecular flexibility index (Phi) is 4.74. The molecule has 0 saturated heterocycles. The lowest BCUT2D eigenvalue weighted by atomic mass is 10.3. The molecule has 0 amide bonds. The van der Waals surface area contributed by atoms with Gasteiger partial charge in [-0.15, -0.1) is 3.89 Å². The van der Waals surface area contributed by atoms with Crippen LogP contribution in [0.15, 0.2) is 46.9 Å². The van der Waals surface area contributed by atoms with Crippen molar-refractivity contribution in [3.63, 3.8) is 0 Å². The van der Waals surface area contributed by atoms with E-state index in [1.807, 2.05) is 24.3 Å². The van der Waals surface area contributed by atoms with Crippen molar-refractivity contribution in [2.75, 3.05) is 4.31 Å². The minimum Gasteiger partial charge on any atom is -0.389 e. The van der Waals surface area contributed by atoms with E-state index in [1.165, 1.54) is 21.7 Å². The van der Waals surface area contributed by atoms with Gasteiger partial charge >= 0.3 is 0 Å². The highest BCUT2D eigenvalue weighted by molar-refractivity contribution is 7.96. The van der Waals surface area contributed by atoms with Crippen molar-refractivity contribution < 1.29 is 3.89 Å². The standard InChI is InChI=1S/C12H12ClFN4S2/c1-7(6-10(13)15)11(16)18(20-14)12-17-8-4-2-3-5-9(8)19-12/h2-6H,15-16H2,1H3/b10-6-,11-7+. The fraction of sp³-hybridized carbons (Fsp3) is 0.0833. The lowest BCUT2D eigenvalue weighted by molar-refractivity contribution is 0.925. The molecule has 1 heterocycles. The molecule has 0 spiro atoms. The Bertz CT molecular complexity index is 646. The third kappa shape index (κ3) is 3.17. The SMILES string of the molecule is CC(/C=C(\N)Cl)=C(/N)N(SF)c1nc2ccccc2s1. The van der Waals surface area contributed by atoms with Crippen molar-refractivity contribution in [3.8, 4) is 0 Å². The fourth-order valence-corrected chi connectivity index (χ4v) is 3.12. The Morgan fingerprint density at radius 2 is 2.15 bits per heavy atom. The second-order valence-electron chi connectivity index (χ2n) is 3.93. The summed E-state index contributed by atoms with van der Waals surface area (Å²) in [7, 11) is 0. The van der Waals surface area contributed by atoms with E-state index < -0.39 is 0 Å². The van der Waals surface area contributed by atoms with Crippen LogP contribution in [0, 0.1) is 0 Å². The normalized spacial score (nSPS) is 13.4. The molecule has 0 unspecified atom stereocenters. The third-order valence-electron chi connectivity index (χ3n) is 2.50. The number of benzene rings is 1. The van der Waals surface area contributed by atoms with E-state index in [9.17, 15) is 3.89 Å². The quantitative estimate of drug-likeness (QED) is 0.506. The van der Waals surface area contributed by atoms with Crippen LogP contribution in [-0.2, 0) is 0 Å². The van der Waals surface area contributed by atoms with E-state index in [2.05, 4.69) is 4.98 Å². The molecule has 0 radical (unpaired) electrons. The summed E-state index contributed by atoms with van der Waals surface area (Å²) in [5, 5.41) is 0.538. The van der Waals surface area contributed by atoms with Crippen molar-refractivity contribution >= 4 is 50.6 Å². The van der Waals surface area contributed by atoms with Crippen LogP contribution in [0.25, 0.3) is 10.2 Å². The van der Waals surface area contributed by atoms with Crippen LogP contribution in [0.2, 0.25) is 0 Å². The molecule has 0 bridgehead atoms. The Morgan fingerprint density at radius 1 is 1.45 bits per heavy atom. The van der Waals surface area contributed by atoms with Crippen molar-refractivity contribution in [1.82, 2.24) is 4.98 Å². The Morgan fingerprint density at radius 3 is 2.75 bits per heavy atom. The van der Waals surface area contributed by atoms with Gasteiger partial charge in [-0.25, -0.2) is 9.29 Å². The molecule has 20 heavy (non-hydrogen) atoms. The Labute approximate surface area is 129 Å². The van der Waals surface area contributed by atoms with Crippen molar-refractivity contribution in [2.24, 2.45) is 11.5 Å². The monoisotopic (exact) mass is 330 g/mol. The highest BCUT2D eigenvalue weighted by atomic mass is 35.5. The van der Waals surface area contributed by atoms with Crippen LogP contribution in [-0.4, -0.2) is 4.98 Å². The number of thiazole rings is 1. The summed E-state index contributed by atoms with van der Waals surface area (Å²) in [5.74, 6) is 0.195. The van der Waals surface area contributed by atoms with Crippen LogP contribution < -0.4 is 15.8 Å². The summed E-state index contributed by atoms with van der Waals surface area (Å²) in [6.07, 6.45) is 1.47. The number of para-hydroxylation sites is 1. The van der Waals surface area contributed by atoms with E-state index in [4.69, 9.17) is 23.1 Å². The predicted molar refractivity (Wildman–Crippen MR) is 85.8 cm³/mol. The number of fused-ring (bicyclic) bond motifs is 1. The largest absolute Gasteiger partial charge is 0.389 e. The van der Waals surface area contributed by atoms with E-state index in [0.29, 0.717) is 10.7 Å². The summed E-state index contributed by atoms with van der Waals surface area (Å²) >= 11 is 6.93. The molecular weight excluding hydrogens is 319 g/mol. The molecule has 2 rings (SSSR count). The van der Waals surface area contributed by atoms with Gasteiger partial charge in [0.25, 0.3) is 0 Å². The number of hydrogen-bond acceptors (Lipinski definition) is 6. The highest BCUT2D eigenvalue weighted by Gasteiger charge is 2.17. The molecule has 4 nitrogen and oxygen atoms in total. The van der Waals surface area contributed by atoms with E-state index in [-0.39, 0.29) is 23.3 Å². The van der Waals surface area contributed by atoms with Gasteiger partial charge in [0.15, 0.2) is 12.3 Å². The second-order valence-corrected chi connectivity index (χ2v) is 5.87. The Balaban J connectivity index is 2.44. The smallest absolute Gasteiger partial charge is 0.204 e. The average Bonchev–Trinajstić information content (AvgIpc) is 2.81. The van der Waals surface area contributed by atoms with Gasteiger partial charge < -0.3 is 11.5 Å². The molecule has 0 aliphatic heterocycles.